The number of hydrogen-bond donors (Lipinski definition) is 2. The number of nitrogens with zero attached hydrogens (tertiary/aromatic N) is 5. The molecule has 3 N–H and O–H groups in total. The van der Waals surface area contributed by atoms with Crippen molar-refractivity contribution in [2.45, 2.75) is 20.4 Å². The van der Waals surface area contributed by atoms with Crippen LogP contribution >= 0.6 is 0 Å². The number of hydrogen-bond acceptors (Lipinski definition) is 7. The summed E-state index contributed by atoms with van der Waals surface area (Å²) >= 11 is 0. The zero-order valence-corrected chi connectivity index (χ0v) is 22.1. The first-order chi connectivity index (χ1) is 19.6. The minimum atomic E-state index is -0.865. The number of pyridine rings is 1. The Balaban J connectivity index is 1.66. The van der Waals surface area contributed by atoms with Crippen LogP contribution in [-0.2, 0) is 13.6 Å². The van der Waals surface area contributed by atoms with E-state index in [1.54, 1.807) is 13.0 Å². The molecule has 5 rings (SSSR count). The Bertz CT molecular complexity index is 2040. The molecular formula is C28H22FN7O5. The number of benzene rings is 2. The van der Waals surface area contributed by atoms with Crippen molar-refractivity contribution in [1.82, 2.24) is 19.1 Å². The Kier molecular flexibility index (Phi) is 6.60. The second-order valence-corrected chi connectivity index (χ2v) is 9.07. The predicted octanol–water partition coefficient (Wildman–Crippen LogP) is 2.84. The number of aromatic nitrogens is 4. The van der Waals surface area contributed by atoms with Gasteiger partial charge in [-0.1, -0.05) is 18.2 Å². The summed E-state index contributed by atoms with van der Waals surface area (Å²) in [6.07, 6.45) is 0. The molecule has 0 fully saturated rings. The van der Waals surface area contributed by atoms with E-state index in [2.05, 4.69) is 10.3 Å². The van der Waals surface area contributed by atoms with Crippen LogP contribution < -0.4 is 22.2 Å². The number of carbonyl (C=O) groups excluding carboxylic acids is 2. The van der Waals surface area contributed by atoms with Gasteiger partial charge < -0.3 is 15.6 Å². The molecule has 0 saturated carbocycles. The van der Waals surface area contributed by atoms with Crippen molar-refractivity contribution in [3.8, 4) is 22.9 Å². The Hall–Kier alpha value is -5.77. The van der Waals surface area contributed by atoms with E-state index in [4.69, 9.17) is 10.3 Å². The van der Waals surface area contributed by atoms with Gasteiger partial charge in [-0.15, -0.1) is 0 Å². The highest BCUT2D eigenvalue weighted by atomic mass is 19.1. The van der Waals surface area contributed by atoms with Crippen molar-refractivity contribution in [2.75, 3.05) is 5.32 Å². The van der Waals surface area contributed by atoms with Gasteiger partial charge in [0.2, 0.25) is 11.7 Å². The Morgan fingerprint density at radius 1 is 1.15 bits per heavy atom. The molecule has 5 aromatic rings. The smallest absolute Gasteiger partial charge is 0.291 e. The van der Waals surface area contributed by atoms with Crippen molar-refractivity contribution in [3.05, 3.63) is 97.8 Å². The Morgan fingerprint density at radius 2 is 1.85 bits per heavy atom. The monoisotopic (exact) mass is 555 g/mol. The van der Waals surface area contributed by atoms with Crippen LogP contribution in [0.4, 0.5) is 10.1 Å². The van der Waals surface area contributed by atoms with Crippen LogP contribution in [-0.4, -0.2) is 30.9 Å². The fourth-order valence-electron chi connectivity index (χ4n) is 4.67. The molecule has 41 heavy (non-hydrogen) atoms. The lowest BCUT2D eigenvalue weighted by molar-refractivity contribution is 0.0995. The largest absolute Gasteiger partial charge is 0.366 e. The molecule has 2 aromatic carbocycles. The number of anilines is 1. The molecule has 3 aromatic heterocycles. The number of nitrogens with one attached hydrogen (secondary N) is 1. The van der Waals surface area contributed by atoms with Crippen molar-refractivity contribution >= 4 is 28.4 Å². The molecule has 0 aliphatic heterocycles. The predicted molar refractivity (Wildman–Crippen MR) is 146 cm³/mol. The molecule has 3 heterocycles. The lowest BCUT2D eigenvalue weighted by atomic mass is 10.1. The van der Waals surface area contributed by atoms with Crippen LogP contribution in [0, 0.1) is 24.1 Å². The van der Waals surface area contributed by atoms with Gasteiger partial charge in [-0.3, -0.25) is 23.9 Å². The van der Waals surface area contributed by atoms with E-state index >= 15 is 4.39 Å². The molecule has 13 heteroatoms. The van der Waals surface area contributed by atoms with E-state index in [1.165, 1.54) is 65.8 Å². The van der Waals surface area contributed by atoms with Gasteiger partial charge in [-0.25, -0.2) is 14.1 Å². The molecule has 206 valence electrons. The Morgan fingerprint density at radius 3 is 2.49 bits per heavy atom. The number of amides is 2. The van der Waals surface area contributed by atoms with E-state index < -0.39 is 28.8 Å². The molecule has 0 atom stereocenters. The number of nitriles is 1. The fraction of sp³-hybridized carbons (Fsp3) is 0.143. The number of carbonyl (C=O) groups is 2. The van der Waals surface area contributed by atoms with E-state index in [9.17, 15) is 24.4 Å². The summed E-state index contributed by atoms with van der Waals surface area (Å²) < 4.78 is 24.1. The van der Waals surface area contributed by atoms with E-state index in [0.29, 0.717) is 11.3 Å². The first-order valence-corrected chi connectivity index (χ1v) is 12.3. The van der Waals surface area contributed by atoms with E-state index in [1.807, 2.05) is 6.07 Å². The SMILES string of the molecule is CCn1c2c(C(=O)Nc3cccc(C(N)=O)c3)nc(C)c(F)c2c(=O)n1-c1ccc(-c2c(C#N)on(C)c2=O)cc1. The summed E-state index contributed by atoms with van der Waals surface area (Å²) in [5.74, 6) is -2.44. The average molecular weight is 556 g/mol. The first kappa shape index (κ1) is 26.8. The highest BCUT2D eigenvalue weighted by molar-refractivity contribution is 6.11. The number of fused-ring (bicyclic) bond motifs is 1. The van der Waals surface area contributed by atoms with Gasteiger partial charge in [0.1, 0.15) is 22.5 Å². The number of primary amides is 1. The molecule has 0 radical (unpaired) electrons. The quantitative estimate of drug-likeness (QED) is 0.324. The second-order valence-electron chi connectivity index (χ2n) is 9.07. The first-order valence-electron chi connectivity index (χ1n) is 12.3. The molecule has 0 spiro atoms. The second kappa shape index (κ2) is 10.1. The standard InChI is InChI=1S/C28H22FN7O5/c1-4-35-24-21(22(29)14(2)32-23(24)26(38)33-17-7-5-6-16(12-17)25(31)37)28(40)36(35)18-10-8-15(9-11-18)20-19(13-30)41-34(3)27(20)39/h5-12H,4H2,1-3H3,(H2,31,37)(H,33,38). The number of aryl methyl sites for hydroxylation is 3. The van der Waals surface area contributed by atoms with Crippen molar-refractivity contribution in [3.63, 3.8) is 0 Å². The van der Waals surface area contributed by atoms with Crippen LogP contribution in [0.25, 0.3) is 27.7 Å². The zero-order chi connectivity index (χ0) is 29.6. The maximum Gasteiger partial charge on any atom is 0.291 e. The third-order valence-electron chi connectivity index (χ3n) is 6.56. The summed E-state index contributed by atoms with van der Waals surface area (Å²) in [5.41, 5.74) is 4.92. The van der Waals surface area contributed by atoms with Gasteiger partial charge in [0, 0.05) is 24.8 Å². The zero-order valence-electron chi connectivity index (χ0n) is 22.1. The van der Waals surface area contributed by atoms with Gasteiger partial charge >= 0.3 is 0 Å². The third-order valence-corrected chi connectivity index (χ3v) is 6.56. The lowest BCUT2D eigenvalue weighted by Gasteiger charge is -2.13. The number of nitrogens with two attached hydrogens (primary N) is 1. The number of rotatable bonds is 6. The summed E-state index contributed by atoms with van der Waals surface area (Å²) in [6.45, 7) is 3.22. The highest BCUT2D eigenvalue weighted by Crippen LogP contribution is 2.26. The third kappa shape index (κ3) is 4.37. The van der Waals surface area contributed by atoms with Gasteiger partial charge in [0.25, 0.3) is 17.0 Å². The van der Waals surface area contributed by atoms with Crippen LogP contribution in [0.1, 0.15) is 39.2 Å². The maximum absolute atomic E-state index is 15.4. The van der Waals surface area contributed by atoms with Crippen LogP contribution in [0.5, 0.6) is 0 Å². The molecule has 2 amide bonds. The topological polar surface area (TPSA) is 171 Å². The fourth-order valence-corrected chi connectivity index (χ4v) is 4.67. The van der Waals surface area contributed by atoms with Gasteiger partial charge in [0.05, 0.1) is 11.4 Å². The van der Waals surface area contributed by atoms with Gasteiger partial charge in [0.15, 0.2) is 11.5 Å². The minimum Gasteiger partial charge on any atom is -0.366 e. The van der Waals surface area contributed by atoms with Crippen molar-refractivity contribution in [1.29, 1.82) is 5.26 Å². The summed E-state index contributed by atoms with van der Waals surface area (Å²) in [7, 11) is 1.38. The molecule has 0 aliphatic rings. The van der Waals surface area contributed by atoms with Crippen molar-refractivity contribution < 1.29 is 18.5 Å². The highest BCUT2D eigenvalue weighted by Gasteiger charge is 2.27. The molecule has 0 saturated heterocycles. The molecule has 12 nitrogen and oxygen atoms in total. The van der Waals surface area contributed by atoms with Gasteiger partial charge in [-0.05, 0) is 49.7 Å². The van der Waals surface area contributed by atoms with Crippen LogP contribution in [0.15, 0.2) is 62.6 Å². The summed E-state index contributed by atoms with van der Waals surface area (Å²) in [6, 6.07) is 13.9. The van der Waals surface area contributed by atoms with Crippen LogP contribution in [0.2, 0.25) is 0 Å². The van der Waals surface area contributed by atoms with E-state index in [-0.39, 0.29) is 51.4 Å². The average Bonchev–Trinajstić information content (AvgIpc) is 3.42. The normalized spacial score (nSPS) is 11.0. The molecule has 0 unspecified atom stereocenters. The van der Waals surface area contributed by atoms with E-state index in [0.717, 1.165) is 4.74 Å². The maximum atomic E-state index is 15.4. The van der Waals surface area contributed by atoms with Gasteiger partial charge in [-0.2, -0.15) is 10.0 Å². The van der Waals surface area contributed by atoms with Crippen LogP contribution in [0.3, 0.4) is 0 Å². The lowest BCUT2D eigenvalue weighted by Crippen LogP contribution is -2.21. The summed E-state index contributed by atoms with van der Waals surface area (Å²) in [4.78, 5) is 55.2. The minimum absolute atomic E-state index is 0.0243. The molecule has 0 bridgehead atoms. The molecular weight excluding hydrogens is 533 g/mol. The molecule has 0 aliphatic carbocycles. The van der Waals surface area contributed by atoms with Crippen molar-refractivity contribution in [2.24, 2.45) is 12.8 Å². The Labute approximate surface area is 230 Å². The number of halogens is 1. The summed E-state index contributed by atoms with van der Waals surface area (Å²) in [5, 5.41) is 11.7.